The van der Waals surface area contributed by atoms with Gasteiger partial charge in [-0.25, -0.2) is 9.80 Å². The average Bonchev–Trinajstić information content (AvgIpc) is 3.12. The number of anilines is 1. The highest BCUT2D eigenvalue weighted by Gasteiger charge is 2.34. The van der Waals surface area contributed by atoms with E-state index >= 15 is 0 Å². The van der Waals surface area contributed by atoms with Crippen molar-refractivity contribution in [1.82, 2.24) is 5.43 Å². The fourth-order valence-electron chi connectivity index (χ4n) is 3.40. The summed E-state index contributed by atoms with van der Waals surface area (Å²) in [7, 11) is 1.47. The lowest BCUT2D eigenvalue weighted by atomic mass is 10.1. The Hall–Kier alpha value is -4.11. The Labute approximate surface area is 203 Å². The summed E-state index contributed by atoms with van der Waals surface area (Å²) in [6.07, 6.45) is 1.48. The first-order chi connectivity index (χ1) is 16.4. The molecule has 0 aromatic heterocycles. The molecule has 0 atom stereocenters. The van der Waals surface area contributed by atoms with Gasteiger partial charge in [0.15, 0.2) is 11.5 Å². The predicted octanol–water partition coefficient (Wildman–Crippen LogP) is 4.20. The number of para-hydroxylation sites is 1. The molecule has 1 heterocycles. The van der Waals surface area contributed by atoms with Gasteiger partial charge in [0.25, 0.3) is 11.8 Å². The molecule has 3 aromatic carbocycles. The summed E-state index contributed by atoms with van der Waals surface area (Å²) in [6.45, 7) is 0.115. The number of rotatable bonds is 7. The van der Waals surface area contributed by atoms with E-state index < -0.39 is 17.8 Å². The molecule has 1 saturated heterocycles. The topological polar surface area (TPSA) is 105 Å². The van der Waals surface area contributed by atoms with E-state index in [9.17, 15) is 14.4 Å². The van der Waals surface area contributed by atoms with Gasteiger partial charge >= 0.3 is 5.97 Å². The van der Waals surface area contributed by atoms with Crippen molar-refractivity contribution in [3.63, 3.8) is 0 Å². The molecule has 0 spiro atoms. The van der Waals surface area contributed by atoms with Crippen LogP contribution in [-0.2, 0) is 16.2 Å². The number of carboxylic acid groups (broad SMARTS) is 1. The van der Waals surface area contributed by atoms with Crippen LogP contribution in [0, 0.1) is 0 Å². The zero-order chi connectivity index (χ0) is 24.2. The molecule has 0 bridgehead atoms. The van der Waals surface area contributed by atoms with Crippen molar-refractivity contribution in [2.24, 2.45) is 0 Å². The van der Waals surface area contributed by atoms with Crippen LogP contribution in [0.4, 0.5) is 5.69 Å². The highest BCUT2D eigenvalue weighted by Crippen LogP contribution is 2.38. The molecular formula is C25H19BrN2O6. The van der Waals surface area contributed by atoms with Crippen LogP contribution >= 0.6 is 15.9 Å². The Kier molecular flexibility index (Phi) is 6.65. The number of ether oxygens (including phenoxy) is 2. The van der Waals surface area contributed by atoms with E-state index in [0.29, 0.717) is 32.8 Å². The van der Waals surface area contributed by atoms with Crippen LogP contribution in [-0.4, -0.2) is 30.0 Å². The maximum atomic E-state index is 12.8. The number of methoxy groups -OCH3 is 1. The zero-order valence-electron chi connectivity index (χ0n) is 17.9. The van der Waals surface area contributed by atoms with Gasteiger partial charge in [-0.15, -0.1) is 0 Å². The largest absolute Gasteiger partial charge is 0.493 e. The molecule has 3 aromatic rings. The standard InChI is InChI=1S/C25H19BrN2O6/c1-33-21-13-16(11-19-23(29)27-28(24(19)30)18-8-3-2-4-9-18)12-20(26)22(21)34-14-15-6-5-7-17(10-15)25(31)32/h2-13H,14H2,1H3,(H,27,29)(H,31,32)/b19-11-. The summed E-state index contributed by atoms with van der Waals surface area (Å²) in [6, 6.07) is 18.6. The number of aromatic carboxylic acids is 1. The molecule has 172 valence electrons. The molecular weight excluding hydrogens is 504 g/mol. The number of carbonyl (C=O) groups excluding carboxylic acids is 2. The molecule has 2 amide bonds. The lowest BCUT2D eigenvalue weighted by molar-refractivity contribution is -0.117. The number of halogens is 1. The lowest BCUT2D eigenvalue weighted by Gasteiger charge is -2.14. The fraction of sp³-hybridized carbons (Fsp3) is 0.0800. The molecule has 4 rings (SSSR count). The summed E-state index contributed by atoms with van der Waals surface area (Å²) in [5, 5.41) is 10.4. The van der Waals surface area contributed by atoms with E-state index in [-0.39, 0.29) is 17.7 Å². The Morgan fingerprint density at radius 3 is 2.56 bits per heavy atom. The zero-order valence-corrected chi connectivity index (χ0v) is 19.5. The van der Waals surface area contributed by atoms with Gasteiger partial charge in [0, 0.05) is 0 Å². The van der Waals surface area contributed by atoms with Gasteiger partial charge in [-0.1, -0.05) is 30.3 Å². The molecule has 0 radical (unpaired) electrons. The maximum absolute atomic E-state index is 12.8. The Morgan fingerprint density at radius 1 is 1.09 bits per heavy atom. The van der Waals surface area contributed by atoms with Crippen LogP contribution in [0.3, 0.4) is 0 Å². The number of benzene rings is 3. The van der Waals surface area contributed by atoms with Crippen molar-refractivity contribution in [1.29, 1.82) is 0 Å². The second-order valence-electron chi connectivity index (χ2n) is 7.30. The van der Waals surface area contributed by atoms with Crippen molar-refractivity contribution in [2.45, 2.75) is 6.61 Å². The van der Waals surface area contributed by atoms with Crippen molar-refractivity contribution in [2.75, 3.05) is 12.1 Å². The quantitative estimate of drug-likeness (QED) is 0.356. The second-order valence-corrected chi connectivity index (χ2v) is 8.16. The predicted molar refractivity (Wildman–Crippen MR) is 128 cm³/mol. The van der Waals surface area contributed by atoms with Gasteiger partial charge in [0.2, 0.25) is 0 Å². The van der Waals surface area contributed by atoms with Crippen LogP contribution in [0.25, 0.3) is 6.08 Å². The molecule has 1 fully saturated rings. The minimum Gasteiger partial charge on any atom is -0.493 e. The number of hydrogen-bond acceptors (Lipinski definition) is 5. The highest BCUT2D eigenvalue weighted by atomic mass is 79.9. The van der Waals surface area contributed by atoms with Crippen molar-refractivity contribution < 1.29 is 29.0 Å². The van der Waals surface area contributed by atoms with Crippen LogP contribution in [0.15, 0.2) is 76.8 Å². The van der Waals surface area contributed by atoms with Gasteiger partial charge in [-0.05, 0) is 69.5 Å². The Morgan fingerprint density at radius 2 is 1.85 bits per heavy atom. The summed E-state index contributed by atoms with van der Waals surface area (Å²) in [4.78, 5) is 36.5. The first-order valence-corrected chi connectivity index (χ1v) is 10.9. The summed E-state index contributed by atoms with van der Waals surface area (Å²) < 4.78 is 11.9. The molecule has 9 heteroatoms. The third kappa shape index (κ3) is 4.79. The second kappa shape index (κ2) is 9.80. The average molecular weight is 523 g/mol. The Balaban J connectivity index is 1.58. The highest BCUT2D eigenvalue weighted by molar-refractivity contribution is 9.10. The van der Waals surface area contributed by atoms with Gasteiger partial charge in [-0.3, -0.25) is 15.0 Å². The monoisotopic (exact) mass is 522 g/mol. The SMILES string of the molecule is COc1cc(/C=C2/C(=O)NN(c3ccccc3)C2=O)cc(Br)c1OCc1cccc(C(=O)O)c1. The van der Waals surface area contributed by atoms with E-state index in [1.807, 2.05) is 6.07 Å². The van der Waals surface area contributed by atoms with Gasteiger partial charge in [-0.2, -0.15) is 0 Å². The molecule has 0 saturated carbocycles. The van der Waals surface area contributed by atoms with Crippen LogP contribution < -0.4 is 19.9 Å². The number of hydrazine groups is 1. The lowest BCUT2D eigenvalue weighted by Crippen LogP contribution is -2.35. The van der Waals surface area contributed by atoms with Gasteiger partial charge in [0.05, 0.1) is 22.8 Å². The fourth-order valence-corrected chi connectivity index (χ4v) is 3.97. The van der Waals surface area contributed by atoms with Crippen LogP contribution in [0.1, 0.15) is 21.5 Å². The first-order valence-electron chi connectivity index (χ1n) is 10.1. The minimum absolute atomic E-state index is 0.0167. The minimum atomic E-state index is -1.02. The molecule has 8 nitrogen and oxygen atoms in total. The molecule has 34 heavy (non-hydrogen) atoms. The number of hydrogen-bond donors (Lipinski definition) is 2. The maximum Gasteiger partial charge on any atom is 0.335 e. The van der Waals surface area contributed by atoms with Crippen LogP contribution in [0.2, 0.25) is 0 Å². The van der Waals surface area contributed by atoms with Gasteiger partial charge < -0.3 is 14.6 Å². The molecule has 1 aliphatic rings. The van der Waals surface area contributed by atoms with E-state index in [1.165, 1.54) is 30.3 Å². The smallest absolute Gasteiger partial charge is 0.335 e. The number of carbonyl (C=O) groups is 3. The van der Waals surface area contributed by atoms with Crippen molar-refractivity contribution in [3.05, 3.63) is 93.5 Å². The summed E-state index contributed by atoms with van der Waals surface area (Å²) in [5.41, 5.74) is 4.49. The van der Waals surface area contributed by atoms with Crippen molar-refractivity contribution in [3.8, 4) is 11.5 Å². The third-order valence-electron chi connectivity index (χ3n) is 5.03. The summed E-state index contributed by atoms with van der Waals surface area (Å²) in [5.74, 6) is -1.22. The number of nitrogens with one attached hydrogen (secondary N) is 1. The Bertz CT molecular complexity index is 1310. The number of nitrogens with zero attached hydrogens (tertiary/aromatic N) is 1. The summed E-state index contributed by atoms with van der Waals surface area (Å²) >= 11 is 3.45. The van der Waals surface area contributed by atoms with Gasteiger partial charge in [0.1, 0.15) is 12.2 Å². The van der Waals surface area contributed by atoms with Crippen molar-refractivity contribution >= 4 is 45.5 Å². The number of amides is 2. The van der Waals surface area contributed by atoms with E-state index in [0.717, 1.165) is 0 Å². The molecule has 2 N–H and O–H groups in total. The van der Waals surface area contributed by atoms with Crippen LogP contribution in [0.5, 0.6) is 11.5 Å². The van der Waals surface area contributed by atoms with E-state index in [4.69, 9.17) is 14.6 Å². The first kappa shape index (κ1) is 23.1. The molecule has 1 aliphatic heterocycles. The van der Waals surface area contributed by atoms with E-state index in [2.05, 4.69) is 21.4 Å². The molecule has 0 unspecified atom stereocenters. The van der Waals surface area contributed by atoms with E-state index in [1.54, 1.807) is 48.5 Å². The third-order valence-corrected chi connectivity index (χ3v) is 5.61. The molecule has 0 aliphatic carbocycles. The number of carboxylic acids is 1. The normalized spacial score (nSPS) is 14.3.